The molecule has 0 aliphatic rings. The molecule has 2 rings (SSSR count). The highest BCUT2D eigenvalue weighted by Crippen LogP contribution is 2.28. The van der Waals surface area contributed by atoms with Gasteiger partial charge in [-0.05, 0) is 43.3 Å². The summed E-state index contributed by atoms with van der Waals surface area (Å²) in [5.74, 6) is -2.25. The highest BCUT2D eigenvalue weighted by atomic mass is 35.5. The molecule has 0 heterocycles. The Morgan fingerprint density at radius 1 is 1.29 bits per heavy atom. The zero-order valence-corrected chi connectivity index (χ0v) is 14.0. The van der Waals surface area contributed by atoms with Crippen molar-refractivity contribution in [2.45, 2.75) is 11.8 Å². The maximum atomic E-state index is 14.0. The fourth-order valence-electron chi connectivity index (χ4n) is 1.86. The summed E-state index contributed by atoms with van der Waals surface area (Å²) >= 11 is 5.65. The van der Waals surface area contributed by atoms with Crippen LogP contribution in [0.2, 0.25) is 5.02 Å². The van der Waals surface area contributed by atoms with Gasteiger partial charge in [0.05, 0.1) is 17.9 Å². The lowest BCUT2D eigenvalue weighted by Gasteiger charge is -2.11. The van der Waals surface area contributed by atoms with Crippen LogP contribution in [0, 0.1) is 5.82 Å². The van der Waals surface area contributed by atoms with Gasteiger partial charge in [-0.3, -0.25) is 4.72 Å². The Bertz CT molecular complexity index is 885. The van der Waals surface area contributed by atoms with Crippen molar-refractivity contribution in [2.75, 3.05) is 11.3 Å². The number of halogens is 2. The van der Waals surface area contributed by atoms with Gasteiger partial charge in [-0.15, -0.1) is 0 Å². The quantitative estimate of drug-likeness (QED) is 0.785. The van der Waals surface area contributed by atoms with Crippen molar-refractivity contribution < 1.29 is 27.4 Å². The third-order valence-corrected chi connectivity index (χ3v) is 4.58. The summed E-state index contributed by atoms with van der Waals surface area (Å²) in [6.07, 6.45) is 0. The first-order valence-corrected chi connectivity index (χ1v) is 8.58. The van der Waals surface area contributed by atoms with Crippen molar-refractivity contribution in [1.29, 1.82) is 0 Å². The van der Waals surface area contributed by atoms with Crippen molar-refractivity contribution in [3.05, 3.63) is 52.8 Å². The van der Waals surface area contributed by atoms with Crippen LogP contribution in [-0.4, -0.2) is 26.1 Å². The van der Waals surface area contributed by atoms with Gasteiger partial charge in [0, 0.05) is 5.02 Å². The number of carbonyl (C=O) groups is 1. The van der Waals surface area contributed by atoms with E-state index in [2.05, 4.69) is 0 Å². The van der Waals surface area contributed by atoms with E-state index in [0.717, 1.165) is 24.3 Å². The van der Waals surface area contributed by atoms with E-state index in [1.54, 1.807) is 6.92 Å². The molecule has 9 heteroatoms. The van der Waals surface area contributed by atoms with Crippen molar-refractivity contribution in [3.63, 3.8) is 0 Å². The number of phenols is 1. The molecule has 0 amide bonds. The van der Waals surface area contributed by atoms with E-state index in [9.17, 15) is 22.7 Å². The fourth-order valence-corrected chi connectivity index (χ4v) is 3.17. The monoisotopic (exact) mass is 373 g/mol. The van der Waals surface area contributed by atoms with Gasteiger partial charge in [-0.2, -0.15) is 0 Å². The van der Waals surface area contributed by atoms with Gasteiger partial charge >= 0.3 is 5.97 Å². The largest absolute Gasteiger partial charge is 0.506 e. The van der Waals surface area contributed by atoms with E-state index < -0.39 is 32.5 Å². The number of carbonyl (C=O) groups excluding carboxylic acids is 1. The van der Waals surface area contributed by atoms with Crippen LogP contribution < -0.4 is 4.72 Å². The lowest BCUT2D eigenvalue weighted by molar-refractivity contribution is 0.0526. The number of hydrogen-bond donors (Lipinski definition) is 2. The highest BCUT2D eigenvalue weighted by Gasteiger charge is 2.21. The molecule has 0 aliphatic heterocycles. The molecule has 0 spiro atoms. The molecule has 2 N–H and O–H groups in total. The molecule has 6 nitrogen and oxygen atoms in total. The predicted molar refractivity (Wildman–Crippen MR) is 86.3 cm³/mol. The van der Waals surface area contributed by atoms with Crippen LogP contribution in [0.4, 0.5) is 10.1 Å². The smallest absolute Gasteiger partial charge is 0.338 e. The molecule has 0 radical (unpaired) electrons. The lowest BCUT2D eigenvalue weighted by Crippen LogP contribution is -2.14. The zero-order valence-electron chi connectivity index (χ0n) is 12.4. The molecule has 24 heavy (non-hydrogen) atoms. The maximum absolute atomic E-state index is 14.0. The summed E-state index contributed by atoms with van der Waals surface area (Å²) in [7, 11) is -4.24. The average molecular weight is 374 g/mol. The van der Waals surface area contributed by atoms with E-state index >= 15 is 0 Å². The normalized spacial score (nSPS) is 11.1. The van der Waals surface area contributed by atoms with Crippen LogP contribution >= 0.6 is 11.6 Å². The Morgan fingerprint density at radius 2 is 2.00 bits per heavy atom. The topological polar surface area (TPSA) is 92.7 Å². The molecular formula is C15H13ClFNO5S. The Labute approximate surface area is 142 Å². The minimum absolute atomic E-state index is 0.0494. The zero-order chi connectivity index (χ0) is 17.9. The summed E-state index contributed by atoms with van der Waals surface area (Å²) < 4.78 is 45.2. The predicted octanol–water partition coefficient (Wildman–Crippen LogP) is 3.16. The first-order chi connectivity index (χ1) is 11.2. The molecule has 0 unspecified atom stereocenters. The average Bonchev–Trinajstić information content (AvgIpc) is 2.49. The number of aromatic hydroxyl groups is 1. The molecule has 2 aromatic carbocycles. The number of ether oxygens (including phenoxy) is 1. The molecular weight excluding hydrogens is 361 g/mol. The third-order valence-electron chi connectivity index (χ3n) is 2.94. The minimum atomic E-state index is -4.24. The van der Waals surface area contributed by atoms with E-state index in [-0.39, 0.29) is 22.9 Å². The molecule has 0 aliphatic carbocycles. The molecule has 128 valence electrons. The van der Waals surface area contributed by atoms with Crippen molar-refractivity contribution in [2.24, 2.45) is 0 Å². The van der Waals surface area contributed by atoms with E-state index in [4.69, 9.17) is 16.3 Å². The number of sulfonamides is 1. The second-order valence-electron chi connectivity index (χ2n) is 4.63. The van der Waals surface area contributed by atoms with Gasteiger partial charge in [0.25, 0.3) is 10.0 Å². The molecule has 0 aromatic heterocycles. The van der Waals surface area contributed by atoms with Gasteiger partial charge in [-0.25, -0.2) is 17.6 Å². The van der Waals surface area contributed by atoms with Gasteiger partial charge in [-0.1, -0.05) is 11.6 Å². The number of esters is 1. The van der Waals surface area contributed by atoms with Crippen LogP contribution in [0.15, 0.2) is 41.3 Å². The van der Waals surface area contributed by atoms with E-state index in [1.165, 1.54) is 12.1 Å². The van der Waals surface area contributed by atoms with E-state index in [0.29, 0.717) is 0 Å². The van der Waals surface area contributed by atoms with Gasteiger partial charge in [0.1, 0.15) is 16.5 Å². The number of anilines is 1. The highest BCUT2D eigenvalue weighted by molar-refractivity contribution is 7.92. The Hall–Kier alpha value is -2.32. The van der Waals surface area contributed by atoms with Gasteiger partial charge < -0.3 is 9.84 Å². The Kier molecular flexibility index (Phi) is 5.30. The lowest BCUT2D eigenvalue weighted by atomic mass is 10.2. The fraction of sp³-hybridized carbons (Fsp3) is 0.133. The van der Waals surface area contributed by atoms with Gasteiger partial charge in [0.2, 0.25) is 0 Å². The third kappa shape index (κ3) is 3.95. The summed E-state index contributed by atoms with van der Waals surface area (Å²) in [5, 5.41) is 9.84. The van der Waals surface area contributed by atoms with Crippen molar-refractivity contribution in [1.82, 2.24) is 0 Å². The second kappa shape index (κ2) is 7.06. The number of rotatable bonds is 5. The summed E-state index contributed by atoms with van der Waals surface area (Å²) in [4.78, 5) is 11.1. The second-order valence-corrected chi connectivity index (χ2v) is 6.72. The summed E-state index contributed by atoms with van der Waals surface area (Å²) in [6, 6.07) is 6.58. The molecule has 0 saturated carbocycles. The molecule has 0 saturated heterocycles. The SMILES string of the molecule is CCOC(=O)c1ccc(NS(=O)(=O)c2ccc(Cl)cc2O)c(F)c1. The molecule has 0 bridgehead atoms. The first-order valence-electron chi connectivity index (χ1n) is 6.72. The number of phenolic OH excluding ortho intramolecular Hbond substituents is 1. The van der Waals surface area contributed by atoms with Crippen LogP contribution in [0.5, 0.6) is 5.75 Å². The number of hydrogen-bond acceptors (Lipinski definition) is 5. The Balaban J connectivity index is 2.31. The first kappa shape index (κ1) is 18.0. The Morgan fingerprint density at radius 3 is 2.58 bits per heavy atom. The minimum Gasteiger partial charge on any atom is -0.506 e. The number of benzene rings is 2. The van der Waals surface area contributed by atoms with Crippen molar-refractivity contribution >= 4 is 33.3 Å². The molecule has 0 atom stereocenters. The molecule has 2 aromatic rings. The van der Waals surface area contributed by atoms with Crippen molar-refractivity contribution in [3.8, 4) is 5.75 Å². The molecule has 0 fully saturated rings. The van der Waals surface area contributed by atoms with Crippen LogP contribution in [-0.2, 0) is 14.8 Å². The standard InChI is InChI=1S/C15H13ClFNO5S/c1-2-23-15(20)9-3-5-12(11(17)7-9)18-24(21,22)14-6-4-10(16)8-13(14)19/h3-8,18-19H,2H2,1H3. The number of nitrogens with one attached hydrogen (secondary N) is 1. The van der Waals surface area contributed by atoms with Crippen LogP contribution in [0.3, 0.4) is 0 Å². The van der Waals surface area contributed by atoms with E-state index in [1.807, 2.05) is 4.72 Å². The van der Waals surface area contributed by atoms with Gasteiger partial charge in [0.15, 0.2) is 0 Å². The summed E-state index contributed by atoms with van der Waals surface area (Å²) in [6.45, 7) is 1.74. The maximum Gasteiger partial charge on any atom is 0.338 e. The summed E-state index contributed by atoms with van der Waals surface area (Å²) in [5.41, 5.74) is -0.427. The van der Waals surface area contributed by atoms with Crippen LogP contribution in [0.1, 0.15) is 17.3 Å². The van der Waals surface area contributed by atoms with Crippen LogP contribution in [0.25, 0.3) is 0 Å².